The molecule has 2 N–H and O–H groups in total. The van der Waals surface area contributed by atoms with Gasteiger partial charge in [0.2, 0.25) is 0 Å². The summed E-state index contributed by atoms with van der Waals surface area (Å²) < 4.78 is 13.1. The van der Waals surface area contributed by atoms with Crippen molar-refractivity contribution < 1.29 is 4.39 Å². The molecular formula is C17H17ClFN. The molecule has 0 spiro atoms. The van der Waals surface area contributed by atoms with Crippen LogP contribution in [0.2, 0.25) is 5.02 Å². The molecule has 0 radical (unpaired) electrons. The highest BCUT2D eigenvalue weighted by Gasteiger charge is 2.14. The zero-order chi connectivity index (χ0) is 14.1. The van der Waals surface area contributed by atoms with Gasteiger partial charge in [0.15, 0.2) is 0 Å². The van der Waals surface area contributed by atoms with E-state index in [9.17, 15) is 4.39 Å². The Morgan fingerprint density at radius 3 is 2.70 bits per heavy atom. The van der Waals surface area contributed by atoms with Crippen LogP contribution in [0.1, 0.15) is 34.7 Å². The number of nitrogens with two attached hydrogens (primary N) is 1. The van der Waals surface area contributed by atoms with Gasteiger partial charge >= 0.3 is 0 Å². The lowest BCUT2D eigenvalue weighted by Gasteiger charge is -2.14. The Hall–Kier alpha value is -1.38. The molecule has 0 amide bonds. The van der Waals surface area contributed by atoms with Gasteiger partial charge in [-0.05, 0) is 60.1 Å². The Morgan fingerprint density at radius 2 is 1.90 bits per heavy atom. The van der Waals surface area contributed by atoms with Crippen molar-refractivity contribution in [3.63, 3.8) is 0 Å². The number of fused-ring (bicyclic) bond motifs is 1. The molecule has 0 bridgehead atoms. The lowest BCUT2D eigenvalue weighted by Crippen LogP contribution is -2.13. The molecule has 0 aromatic heterocycles. The predicted octanol–water partition coefficient (Wildman–Crippen LogP) is 4.21. The van der Waals surface area contributed by atoms with Crippen molar-refractivity contribution in [1.82, 2.24) is 0 Å². The van der Waals surface area contributed by atoms with Gasteiger partial charge in [-0.1, -0.05) is 35.9 Å². The van der Waals surface area contributed by atoms with Crippen LogP contribution in [0.3, 0.4) is 0 Å². The van der Waals surface area contributed by atoms with Crippen LogP contribution in [0.5, 0.6) is 0 Å². The van der Waals surface area contributed by atoms with Gasteiger partial charge in [-0.25, -0.2) is 4.39 Å². The summed E-state index contributed by atoms with van der Waals surface area (Å²) in [7, 11) is 0. The first kappa shape index (κ1) is 13.6. The summed E-state index contributed by atoms with van der Waals surface area (Å²) in [4.78, 5) is 0. The smallest absolute Gasteiger partial charge is 0.141 e. The number of hydrogen-bond acceptors (Lipinski definition) is 1. The highest BCUT2D eigenvalue weighted by atomic mass is 35.5. The first-order valence-corrected chi connectivity index (χ1v) is 7.32. The third-order valence-electron chi connectivity index (χ3n) is 3.99. The van der Waals surface area contributed by atoms with Crippen molar-refractivity contribution in [2.45, 2.75) is 31.7 Å². The molecule has 0 saturated carbocycles. The minimum atomic E-state index is -0.387. The van der Waals surface area contributed by atoms with Gasteiger partial charge in [-0.3, -0.25) is 0 Å². The van der Waals surface area contributed by atoms with Crippen molar-refractivity contribution in [3.05, 3.63) is 69.5 Å². The lowest BCUT2D eigenvalue weighted by atomic mass is 9.96. The van der Waals surface area contributed by atoms with Gasteiger partial charge < -0.3 is 5.73 Å². The fraction of sp³-hybridized carbons (Fsp3) is 0.294. The van der Waals surface area contributed by atoms with Crippen molar-refractivity contribution in [3.8, 4) is 0 Å². The van der Waals surface area contributed by atoms with Crippen LogP contribution in [0, 0.1) is 5.82 Å². The second-order valence-electron chi connectivity index (χ2n) is 5.44. The third kappa shape index (κ3) is 2.72. The van der Waals surface area contributed by atoms with E-state index in [1.807, 2.05) is 0 Å². The summed E-state index contributed by atoms with van der Waals surface area (Å²) in [5, 5.41) is 0.156. The van der Waals surface area contributed by atoms with E-state index in [-0.39, 0.29) is 16.9 Å². The fourth-order valence-corrected chi connectivity index (χ4v) is 3.06. The van der Waals surface area contributed by atoms with E-state index in [1.165, 1.54) is 30.0 Å². The Morgan fingerprint density at radius 1 is 1.10 bits per heavy atom. The highest BCUT2D eigenvalue weighted by Crippen LogP contribution is 2.26. The Balaban J connectivity index is 1.78. The van der Waals surface area contributed by atoms with Gasteiger partial charge in [-0.2, -0.15) is 0 Å². The molecule has 1 nitrogen and oxygen atoms in total. The highest BCUT2D eigenvalue weighted by molar-refractivity contribution is 6.30. The van der Waals surface area contributed by atoms with Crippen LogP contribution < -0.4 is 5.73 Å². The summed E-state index contributed by atoms with van der Waals surface area (Å²) in [5.74, 6) is -0.387. The molecule has 3 heteroatoms. The largest absolute Gasteiger partial charge is 0.324 e. The van der Waals surface area contributed by atoms with Crippen molar-refractivity contribution in [2.75, 3.05) is 0 Å². The van der Waals surface area contributed by atoms with E-state index >= 15 is 0 Å². The summed E-state index contributed by atoms with van der Waals surface area (Å²) >= 11 is 5.80. The summed E-state index contributed by atoms with van der Waals surface area (Å²) in [5.41, 5.74) is 11.3. The second kappa shape index (κ2) is 5.55. The van der Waals surface area contributed by atoms with Crippen LogP contribution in [0.4, 0.5) is 4.39 Å². The molecule has 3 rings (SSSR count). The first-order valence-electron chi connectivity index (χ1n) is 6.94. The number of benzene rings is 2. The van der Waals surface area contributed by atoms with E-state index in [0.717, 1.165) is 17.5 Å². The maximum absolute atomic E-state index is 13.1. The zero-order valence-corrected chi connectivity index (χ0v) is 12.0. The van der Waals surface area contributed by atoms with E-state index in [1.54, 1.807) is 12.1 Å². The van der Waals surface area contributed by atoms with Crippen molar-refractivity contribution in [1.29, 1.82) is 0 Å². The van der Waals surface area contributed by atoms with Gasteiger partial charge in [0.05, 0.1) is 5.02 Å². The van der Waals surface area contributed by atoms with E-state index in [4.69, 9.17) is 17.3 Å². The zero-order valence-electron chi connectivity index (χ0n) is 11.2. The summed E-state index contributed by atoms with van der Waals surface area (Å²) in [6.07, 6.45) is 4.23. The van der Waals surface area contributed by atoms with E-state index in [0.29, 0.717) is 6.42 Å². The number of aryl methyl sites for hydroxylation is 2. The average molecular weight is 290 g/mol. The average Bonchev–Trinajstić information content (AvgIpc) is 2.90. The number of hydrogen-bond donors (Lipinski definition) is 1. The normalized spacial score (nSPS) is 15.2. The first-order chi connectivity index (χ1) is 9.63. The van der Waals surface area contributed by atoms with E-state index < -0.39 is 0 Å². The SMILES string of the molecule is NC(Cc1ccc(F)c(Cl)c1)c1ccc2c(c1)CCC2. The molecule has 104 valence electrons. The summed E-state index contributed by atoms with van der Waals surface area (Å²) in [6, 6.07) is 11.2. The van der Waals surface area contributed by atoms with Crippen LogP contribution in [-0.2, 0) is 19.3 Å². The van der Waals surface area contributed by atoms with Crippen LogP contribution in [0.15, 0.2) is 36.4 Å². The van der Waals surface area contributed by atoms with Crippen molar-refractivity contribution >= 4 is 11.6 Å². The molecule has 0 fully saturated rings. The Kier molecular flexibility index (Phi) is 3.77. The minimum Gasteiger partial charge on any atom is -0.324 e. The van der Waals surface area contributed by atoms with Gasteiger partial charge in [-0.15, -0.1) is 0 Å². The molecule has 1 aliphatic rings. The standard InChI is InChI=1S/C17H17ClFN/c18-15-8-11(4-7-16(15)19)9-17(20)14-6-5-12-2-1-3-13(12)10-14/h4-8,10,17H,1-3,9,20H2. The Labute approximate surface area is 123 Å². The molecular weight excluding hydrogens is 273 g/mol. The van der Waals surface area contributed by atoms with Gasteiger partial charge in [0, 0.05) is 6.04 Å². The molecule has 1 unspecified atom stereocenters. The molecule has 1 atom stereocenters. The molecule has 0 heterocycles. The second-order valence-corrected chi connectivity index (χ2v) is 5.85. The van der Waals surface area contributed by atoms with Gasteiger partial charge in [0.25, 0.3) is 0 Å². The topological polar surface area (TPSA) is 26.0 Å². The van der Waals surface area contributed by atoms with Crippen LogP contribution in [0.25, 0.3) is 0 Å². The van der Waals surface area contributed by atoms with Crippen molar-refractivity contribution in [2.24, 2.45) is 5.73 Å². The fourth-order valence-electron chi connectivity index (χ4n) is 2.86. The summed E-state index contributed by atoms with van der Waals surface area (Å²) in [6.45, 7) is 0. The minimum absolute atomic E-state index is 0.0811. The van der Waals surface area contributed by atoms with Gasteiger partial charge in [0.1, 0.15) is 5.82 Å². The molecule has 1 aliphatic carbocycles. The Bertz CT molecular complexity index is 639. The maximum atomic E-state index is 13.1. The van der Waals surface area contributed by atoms with Crippen LogP contribution >= 0.6 is 11.6 Å². The third-order valence-corrected chi connectivity index (χ3v) is 4.28. The maximum Gasteiger partial charge on any atom is 0.141 e. The number of halogens is 2. The monoisotopic (exact) mass is 289 g/mol. The molecule has 2 aromatic rings. The lowest BCUT2D eigenvalue weighted by molar-refractivity contribution is 0.626. The number of rotatable bonds is 3. The van der Waals surface area contributed by atoms with E-state index in [2.05, 4.69) is 18.2 Å². The molecule has 0 saturated heterocycles. The quantitative estimate of drug-likeness (QED) is 0.900. The van der Waals surface area contributed by atoms with Crippen LogP contribution in [-0.4, -0.2) is 0 Å². The molecule has 2 aromatic carbocycles. The molecule has 0 aliphatic heterocycles. The molecule has 20 heavy (non-hydrogen) atoms. The predicted molar refractivity (Wildman–Crippen MR) is 80.5 cm³/mol.